The lowest BCUT2D eigenvalue weighted by Crippen LogP contribution is -2.19. The van der Waals surface area contributed by atoms with Crippen molar-refractivity contribution in [1.29, 1.82) is 0 Å². The number of methoxy groups -OCH3 is 1. The van der Waals surface area contributed by atoms with Crippen LogP contribution in [0.3, 0.4) is 0 Å². The molecule has 1 N–H and O–H groups in total. The Hall–Kier alpha value is -1.06. The lowest BCUT2D eigenvalue weighted by Gasteiger charge is -2.19. The van der Waals surface area contributed by atoms with Crippen LogP contribution < -0.4 is 10.1 Å². The van der Waals surface area contributed by atoms with Crippen molar-refractivity contribution in [3.05, 3.63) is 29.3 Å². The second-order valence-corrected chi connectivity index (χ2v) is 4.46. The van der Waals surface area contributed by atoms with Gasteiger partial charge in [0, 0.05) is 19.3 Å². The molecule has 0 amide bonds. The van der Waals surface area contributed by atoms with Crippen LogP contribution in [-0.2, 0) is 4.74 Å². The summed E-state index contributed by atoms with van der Waals surface area (Å²) in [5.41, 5.74) is 2.57. The van der Waals surface area contributed by atoms with Gasteiger partial charge in [-0.25, -0.2) is 0 Å². The molecule has 0 aliphatic carbocycles. The van der Waals surface area contributed by atoms with Gasteiger partial charge in [-0.2, -0.15) is 0 Å². The first kappa shape index (κ1) is 15.0. The van der Waals surface area contributed by atoms with Crippen LogP contribution in [0.15, 0.2) is 18.2 Å². The maximum absolute atomic E-state index is 5.56. The molecule has 0 saturated carbocycles. The third-order valence-corrected chi connectivity index (χ3v) is 3.10. The Labute approximate surface area is 110 Å². The highest BCUT2D eigenvalue weighted by atomic mass is 16.5. The van der Waals surface area contributed by atoms with Gasteiger partial charge < -0.3 is 14.8 Å². The summed E-state index contributed by atoms with van der Waals surface area (Å²) in [7, 11) is 3.69. The van der Waals surface area contributed by atoms with Crippen LogP contribution in [0, 0.1) is 6.92 Å². The van der Waals surface area contributed by atoms with Gasteiger partial charge in [-0.05, 0) is 50.1 Å². The predicted molar refractivity (Wildman–Crippen MR) is 75.3 cm³/mol. The van der Waals surface area contributed by atoms with E-state index in [9.17, 15) is 0 Å². The van der Waals surface area contributed by atoms with Crippen molar-refractivity contribution in [2.45, 2.75) is 32.7 Å². The van der Waals surface area contributed by atoms with Gasteiger partial charge >= 0.3 is 0 Å². The van der Waals surface area contributed by atoms with E-state index in [2.05, 4.69) is 31.3 Å². The molecule has 0 heterocycles. The number of aryl methyl sites for hydroxylation is 1. The minimum Gasteiger partial charge on any atom is -0.497 e. The largest absolute Gasteiger partial charge is 0.497 e. The van der Waals surface area contributed by atoms with E-state index < -0.39 is 0 Å². The van der Waals surface area contributed by atoms with Crippen LogP contribution in [0.1, 0.15) is 36.9 Å². The quantitative estimate of drug-likeness (QED) is 0.720. The highest BCUT2D eigenvalue weighted by molar-refractivity contribution is 5.36. The van der Waals surface area contributed by atoms with E-state index in [1.807, 2.05) is 13.1 Å². The Morgan fingerprint density at radius 2 is 2.06 bits per heavy atom. The third kappa shape index (κ3) is 4.31. The second-order valence-electron chi connectivity index (χ2n) is 4.46. The highest BCUT2D eigenvalue weighted by Gasteiger charge is 2.12. The molecule has 1 aromatic rings. The Balaban J connectivity index is 2.63. The maximum atomic E-state index is 5.56. The van der Waals surface area contributed by atoms with Crippen molar-refractivity contribution in [1.82, 2.24) is 5.32 Å². The first-order chi connectivity index (χ1) is 8.72. The van der Waals surface area contributed by atoms with Gasteiger partial charge in [0.1, 0.15) is 5.75 Å². The molecular formula is C15H25NO2. The summed E-state index contributed by atoms with van der Waals surface area (Å²) in [6.45, 7) is 5.89. The summed E-state index contributed by atoms with van der Waals surface area (Å²) in [5.74, 6) is 0.910. The standard InChI is InChI=1S/C15H25NO2/c1-5-9-18-10-8-15(16-3)14-7-6-13(17-4)11-12(14)2/h6-7,11,15-16H,5,8-10H2,1-4H3. The fourth-order valence-corrected chi connectivity index (χ4v) is 2.07. The van der Waals surface area contributed by atoms with Gasteiger partial charge in [-0.15, -0.1) is 0 Å². The van der Waals surface area contributed by atoms with E-state index >= 15 is 0 Å². The lowest BCUT2D eigenvalue weighted by atomic mass is 9.99. The summed E-state index contributed by atoms with van der Waals surface area (Å²) in [4.78, 5) is 0. The molecule has 1 atom stereocenters. The van der Waals surface area contributed by atoms with Gasteiger partial charge in [-0.3, -0.25) is 0 Å². The Morgan fingerprint density at radius 3 is 2.61 bits per heavy atom. The van der Waals surface area contributed by atoms with Gasteiger partial charge in [-0.1, -0.05) is 13.0 Å². The molecule has 0 radical (unpaired) electrons. The van der Waals surface area contributed by atoms with Crippen molar-refractivity contribution in [2.75, 3.05) is 27.4 Å². The number of benzene rings is 1. The zero-order valence-corrected chi connectivity index (χ0v) is 12.0. The summed E-state index contributed by atoms with van der Waals surface area (Å²) in [6, 6.07) is 6.56. The van der Waals surface area contributed by atoms with E-state index in [0.717, 1.165) is 31.8 Å². The van der Waals surface area contributed by atoms with Crippen molar-refractivity contribution < 1.29 is 9.47 Å². The smallest absolute Gasteiger partial charge is 0.119 e. The second kappa shape index (κ2) is 8.11. The molecule has 1 aromatic carbocycles. The molecule has 18 heavy (non-hydrogen) atoms. The molecule has 0 saturated heterocycles. The normalized spacial score (nSPS) is 12.4. The maximum Gasteiger partial charge on any atom is 0.119 e. The highest BCUT2D eigenvalue weighted by Crippen LogP contribution is 2.24. The zero-order chi connectivity index (χ0) is 13.4. The van der Waals surface area contributed by atoms with Crippen LogP contribution >= 0.6 is 0 Å². The Kier molecular flexibility index (Phi) is 6.76. The SMILES string of the molecule is CCCOCCC(NC)c1ccc(OC)cc1C. The fraction of sp³-hybridized carbons (Fsp3) is 0.600. The van der Waals surface area contributed by atoms with Crippen LogP contribution in [0.2, 0.25) is 0 Å². The lowest BCUT2D eigenvalue weighted by molar-refractivity contribution is 0.125. The van der Waals surface area contributed by atoms with E-state index in [1.54, 1.807) is 7.11 Å². The van der Waals surface area contributed by atoms with Crippen molar-refractivity contribution in [3.63, 3.8) is 0 Å². The van der Waals surface area contributed by atoms with E-state index in [1.165, 1.54) is 11.1 Å². The first-order valence-electron chi connectivity index (χ1n) is 6.62. The topological polar surface area (TPSA) is 30.5 Å². The van der Waals surface area contributed by atoms with Crippen molar-refractivity contribution in [2.24, 2.45) is 0 Å². The summed E-state index contributed by atoms with van der Waals surface area (Å²) >= 11 is 0. The summed E-state index contributed by atoms with van der Waals surface area (Å²) < 4.78 is 10.8. The van der Waals surface area contributed by atoms with Crippen LogP contribution in [0.5, 0.6) is 5.75 Å². The summed E-state index contributed by atoms with van der Waals surface area (Å²) in [5, 5.41) is 3.35. The van der Waals surface area contributed by atoms with Crippen LogP contribution in [0.25, 0.3) is 0 Å². The van der Waals surface area contributed by atoms with E-state index in [0.29, 0.717) is 6.04 Å². The molecule has 0 aliphatic rings. The first-order valence-corrected chi connectivity index (χ1v) is 6.62. The number of hydrogen-bond donors (Lipinski definition) is 1. The van der Waals surface area contributed by atoms with Crippen LogP contribution in [0.4, 0.5) is 0 Å². The van der Waals surface area contributed by atoms with E-state index in [4.69, 9.17) is 9.47 Å². The molecule has 1 rings (SSSR count). The van der Waals surface area contributed by atoms with Crippen molar-refractivity contribution >= 4 is 0 Å². The molecule has 0 bridgehead atoms. The van der Waals surface area contributed by atoms with Gasteiger partial charge in [0.05, 0.1) is 7.11 Å². The van der Waals surface area contributed by atoms with Gasteiger partial charge in [0.25, 0.3) is 0 Å². The average molecular weight is 251 g/mol. The molecule has 1 unspecified atom stereocenters. The predicted octanol–water partition coefficient (Wildman–Crippen LogP) is 3.08. The number of rotatable bonds is 8. The van der Waals surface area contributed by atoms with Crippen LogP contribution in [-0.4, -0.2) is 27.4 Å². The fourth-order valence-electron chi connectivity index (χ4n) is 2.07. The van der Waals surface area contributed by atoms with E-state index in [-0.39, 0.29) is 0 Å². The molecule has 102 valence electrons. The number of hydrogen-bond acceptors (Lipinski definition) is 3. The minimum atomic E-state index is 0.341. The molecular weight excluding hydrogens is 226 g/mol. The third-order valence-electron chi connectivity index (χ3n) is 3.10. The number of nitrogens with one attached hydrogen (secondary N) is 1. The van der Waals surface area contributed by atoms with Gasteiger partial charge in [0.15, 0.2) is 0 Å². The molecule has 0 aliphatic heterocycles. The molecule has 3 heteroatoms. The minimum absolute atomic E-state index is 0.341. The monoisotopic (exact) mass is 251 g/mol. The molecule has 0 spiro atoms. The van der Waals surface area contributed by atoms with Crippen molar-refractivity contribution in [3.8, 4) is 5.75 Å². The Morgan fingerprint density at radius 1 is 1.28 bits per heavy atom. The Bertz CT molecular complexity index is 352. The van der Waals surface area contributed by atoms with Gasteiger partial charge in [0.2, 0.25) is 0 Å². The summed E-state index contributed by atoms with van der Waals surface area (Å²) in [6.07, 6.45) is 2.06. The average Bonchev–Trinajstić information content (AvgIpc) is 2.39. The molecule has 0 fully saturated rings. The molecule has 0 aromatic heterocycles. The molecule has 3 nitrogen and oxygen atoms in total. The zero-order valence-electron chi connectivity index (χ0n) is 12.0. The number of ether oxygens (including phenoxy) is 2.